The minimum atomic E-state index is -1.15. The normalized spacial score (nSPS) is 10.8. The highest BCUT2D eigenvalue weighted by Gasteiger charge is 2.16. The number of aromatic carboxylic acids is 1. The third-order valence-electron chi connectivity index (χ3n) is 2.67. The molecule has 8 nitrogen and oxygen atoms in total. The van der Waals surface area contributed by atoms with E-state index < -0.39 is 29.9 Å². The van der Waals surface area contributed by atoms with Crippen LogP contribution in [0.3, 0.4) is 0 Å². The summed E-state index contributed by atoms with van der Waals surface area (Å²) in [6, 6.07) is 5.49. The highest BCUT2D eigenvalue weighted by molar-refractivity contribution is 5.97. The van der Waals surface area contributed by atoms with Gasteiger partial charge in [-0.05, 0) is 18.2 Å². The van der Waals surface area contributed by atoms with E-state index in [2.05, 4.69) is 5.32 Å². The van der Waals surface area contributed by atoms with E-state index in [-0.39, 0.29) is 36.7 Å². The molecule has 24 heavy (non-hydrogen) atoms. The van der Waals surface area contributed by atoms with Gasteiger partial charge in [-0.2, -0.15) is 0 Å². The molecule has 1 rings (SSSR count). The Morgan fingerprint density at radius 1 is 1.12 bits per heavy atom. The highest BCUT2D eigenvalue weighted by Crippen LogP contribution is 2.05. The molecule has 0 aliphatic carbocycles. The minimum absolute atomic E-state index is 0. The quantitative estimate of drug-likeness (QED) is 0.698. The number of halogens is 1. The summed E-state index contributed by atoms with van der Waals surface area (Å²) in [6.45, 7) is 2.13. The average molecular weight is 360 g/mol. The maximum absolute atomic E-state index is 12.0. The monoisotopic (exact) mass is 359 g/mol. The summed E-state index contributed by atoms with van der Waals surface area (Å²) in [5.74, 6) is -2.80. The predicted octanol–water partition coefficient (Wildman–Crippen LogP) is 1.03. The van der Waals surface area contributed by atoms with Crippen molar-refractivity contribution in [3.8, 4) is 0 Å². The summed E-state index contributed by atoms with van der Waals surface area (Å²) in [5.41, 5.74) is 0.132. The van der Waals surface area contributed by atoms with E-state index in [9.17, 15) is 19.2 Å². The fraction of sp³-hybridized carbons (Fsp3) is 0.333. The number of amides is 1. The van der Waals surface area contributed by atoms with E-state index >= 15 is 0 Å². The van der Waals surface area contributed by atoms with Crippen molar-refractivity contribution in [2.75, 3.05) is 13.2 Å². The van der Waals surface area contributed by atoms with Crippen LogP contribution in [0.25, 0.3) is 0 Å². The van der Waals surface area contributed by atoms with Gasteiger partial charge in [-0.1, -0.05) is 6.07 Å². The number of hydrogen-bond acceptors (Lipinski definition) is 6. The lowest BCUT2D eigenvalue weighted by molar-refractivity contribution is -0.155. The fourth-order valence-corrected chi connectivity index (χ4v) is 1.68. The first kappa shape index (κ1) is 21.4. The number of carbonyl (C=O) groups excluding carboxylic acids is 3. The van der Waals surface area contributed by atoms with Gasteiger partial charge in [-0.3, -0.25) is 14.4 Å². The molecule has 132 valence electrons. The molecule has 0 spiro atoms. The SMILES string of the molecule is CC(=O)OCC(CNC(=O)c1cccc(C(=O)O)c1)OC(C)=O.Cl. The average Bonchev–Trinajstić information content (AvgIpc) is 2.49. The number of carbonyl (C=O) groups is 4. The topological polar surface area (TPSA) is 119 Å². The molecule has 0 aromatic heterocycles. The van der Waals surface area contributed by atoms with Gasteiger partial charge in [0.15, 0.2) is 6.10 Å². The van der Waals surface area contributed by atoms with Crippen LogP contribution >= 0.6 is 12.4 Å². The molecular weight excluding hydrogens is 342 g/mol. The Morgan fingerprint density at radius 3 is 2.29 bits per heavy atom. The summed E-state index contributed by atoms with van der Waals surface area (Å²) >= 11 is 0. The standard InChI is InChI=1S/C15H17NO7.ClH/c1-9(17)22-8-13(23-10(2)18)7-16-14(19)11-4-3-5-12(6-11)15(20)21;/h3-6,13H,7-8H2,1-2H3,(H,16,19)(H,20,21);1H. The Balaban J connectivity index is 0.00000529. The molecule has 0 radical (unpaired) electrons. The van der Waals surface area contributed by atoms with Gasteiger partial charge in [-0.15, -0.1) is 12.4 Å². The number of carboxylic acid groups (broad SMARTS) is 1. The molecule has 0 bridgehead atoms. The molecule has 9 heteroatoms. The molecule has 1 atom stereocenters. The van der Waals surface area contributed by atoms with Crippen molar-refractivity contribution in [3.05, 3.63) is 35.4 Å². The van der Waals surface area contributed by atoms with Crippen LogP contribution in [-0.4, -0.2) is 48.2 Å². The third-order valence-corrected chi connectivity index (χ3v) is 2.67. The largest absolute Gasteiger partial charge is 0.478 e. The number of nitrogens with one attached hydrogen (secondary N) is 1. The van der Waals surface area contributed by atoms with E-state index in [0.29, 0.717) is 0 Å². The van der Waals surface area contributed by atoms with Crippen molar-refractivity contribution in [3.63, 3.8) is 0 Å². The van der Waals surface area contributed by atoms with Crippen LogP contribution < -0.4 is 5.32 Å². The number of esters is 2. The van der Waals surface area contributed by atoms with Gasteiger partial charge in [0.1, 0.15) is 6.61 Å². The Bertz CT molecular complexity index is 618. The van der Waals surface area contributed by atoms with Gasteiger partial charge in [0.05, 0.1) is 12.1 Å². The van der Waals surface area contributed by atoms with Crippen LogP contribution in [0.5, 0.6) is 0 Å². The Hall–Kier alpha value is -2.61. The first-order valence-electron chi connectivity index (χ1n) is 6.71. The second-order valence-electron chi connectivity index (χ2n) is 4.63. The zero-order valence-electron chi connectivity index (χ0n) is 13.1. The molecule has 1 aromatic rings. The summed E-state index contributed by atoms with van der Waals surface area (Å²) < 4.78 is 9.67. The number of hydrogen-bond donors (Lipinski definition) is 2. The smallest absolute Gasteiger partial charge is 0.335 e. The third kappa shape index (κ3) is 7.59. The van der Waals surface area contributed by atoms with Crippen LogP contribution in [0, 0.1) is 0 Å². The van der Waals surface area contributed by atoms with Crippen molar-refractivity contribution < 1.29 is 33.8 Å². The molecule has 0 saturated heterocycles. The van der Waals surface area contributed by atoms with Crippen LogP contribution in [0.1, 0.15) is 34.6 Å². The molecule has 0 heterocycles. The van der Waals surface area contributed by atoms with Crippen LogP contribution in [-0.2, 0) is 19.1 Å². The number of benzene rings is 1. The van der Waals surface area contributed by atoms with E-state index in [1.807, 2.05) is 0 Å². The van der Waals surface area contributed by atoms with Crippen molar-refractivity contribution in [1.82, 2.24) is 5.32 Å². The lowest BCUT2D eigenvalue weighted by Crippen LogP contribution is -2.37. The van der Waals surface area contributed by atoms with E-state index in [0.717, 1.165) is 0 Å². The fourth-order valence-electron chi connectivity index (χ4n) is 1.68. The Labute approximate surface area is 144 Å². The van der Waals surface area contributed by atoms with E-state index in [1.54, 1.807) is 0 Å². The van der Waals surface area contributed by atoms with Crippen LogP contribution in [0.4, 0.5) is 0 Å². The number of carboxylic acids is 1. The molecule has 1 aromatic carbocycles. The highest BCUT2D eigenvalue weighted by atomic mass is 35.5. The van der Waals surface area contributed by atoms with Gasteiger partial charge in [-0.25, -0.2) is 4.79 Å². The maximum atomic E-state index is 12.0. The van der Waals surface area contributed by atoms with E-state index in [4.69, 9.17) is 14.6 Å². The van der Waals surface area contributed by atoms with E-state index in [1.165, 1.54) is 38.1 Å². The zero-order chi connectivity index (χ0) is 17.4. The molecule has 0 fully saturated rings. The molecule has 1 unspecified atom stereocenters. The Morgan fingerprint density at radius 2 is 1.75 bits per heavy atom. The van der Waals surface area contributed by atoms with Crippen molar-refractivity contribution in [2.45, 2.75) is 20.0 Å². The van der Waals surface area contributed by atoms with Gasteiger partial charge in [0, 0.05) is 19.4 Å². The second kappa shape index (κ2) is 10.2. The lowest BCUT2D eigenvalue weighted by atomic mass is 10.1. The lowest BCUT2D eigenvalue weighted by Gasteiger charge is -2.17. The van der Waals surface area contributed by atoms with Crippen LogP contribution in [0.2, 0.25) is 0 Å². The molecule has 0 saturated carbocycles. The van der Waals surface area contributed by atoms with Crippen LogP contribution in [0.15, 0.2) is 24.3 Å². The molecular formula is C15H18ClNO7. The summed E-state index contributed by atoms with van der Waals surface area (Å²) in [7, 11) is 0. The number of rotatable bonds is 7. The van der Waals surface area contributed by atoms with Crippen molar-refractivity contribution >= 4 is 36.2 Å². The van der Waals surface area contributed by atoms with Crippen molar-refractivity contribution in [1.29, 1.82) is 0 Å². The summed E-state index contributed by atoms with van der Waals surface area (Å²) in [6.07, 6.45) is -0.831. The summed E-state index contributed by atoms with van der Waals surface area (Å²) in [4.78, 5) is 44.7. The maximum Gasteiger partial charge on any atom is 0.335 e. The molecule has 1 amide bonds. The summed E-state index contributed by atoms with van der Waals surface area (Å²) in [5, 5.41) is 11.4. The van der Waals surface area contributed by atoms with Gasteiger partial charge >= 0.3 is 17.9 Å². The minimum Gasteiger partial charge on any atom is -0.478 e. The van der Waals surface area contributed by atoms with Gasteiger partial charge < -0.3 is 19.9 Å². The van der Waals surface area contributed by atoms with Gasteiger partial charge in [0.25, 0.3) is 5.91 Å². The number of ether oxygens (including phenoxy) is 2. The zero-order valence-corrected chi connectivity index (χ0v) is 13.9. The molecule has 0 aliphatic heterocycles. The van der Waals surface area contributed by atoms with Gasteiger partial charge in [0.2, 0.25) is 0 Å². The first-order valence-corrected chi connectivity index (χ1v) is 6.71. The second-order valence-corrected chi connectivity index (χ2v) is 4.63. The van der Waals surface area contributed by atoms with Crippen molar-refractivity contribution in [2.24, 2.45) is 0 Å². The molecule has 0 aliphatic rings. The Kier molecular flexibility index (Phi) is 9.11. The first-order chi connectivity index (χ1) is 10.8. The predicted molar refractivity (Wildman–Crippen MR) is 85.2 cm³/mol. The molecule has 2 N–H and O–H groups in total.